The van der Waals surface area contributed by atoms with E-state index in [0.29, 0.717) is 6.54 Å². The molecule has 0 aliphatic carbocycles. The zero-order chi connectivity index (χ0) is 31.7. The molecule has 10 heteroatoms. The Hall–Kier alpha value is -4.96. The van der Waals surface area contributed by atoms with Crippen molar-refractivity contribution in [3.63, 3.8) is 0 Å². The molecule has 2 aliphatic rings. The fourth-order valence-electron chi connectivity index (χ4n) is 6.36. The summed E-state index contributed by atoms with van der Waals surface area (Å²) in [6.45, 7) is 4.44. The molecule has 45 heavy (non-hydrogen) atoms. The first-order valence-corrected chi connectivity index (χ1v) is 15.1. The number of nitrogens with one attached hydrogen (secondary N) is 1. The summed E-state index contributed by atoms with van der Waals surface area (Å²) in [4.78, 5) is 45.0. The number of halogens is 1. The molecular formula is C35H36FN5O4. The zero-order valence-electron chi connectivity index (χ0n) is 25.3. The van der Waals surface area contributed by atoms with Crippen molar-refractivity contribution in [3.8, 4) is 5.75 Å². The quantitative estimate of drug-likeness (QED) is 0.304. The van der Waals surface area contributed by atoms with Gasteiger partial charge >= 0.3 is 6.03 Å². The van der Waals surface area contributed by atoms with Crippen LogP contribution in [0.3, 0.4) is 0 Å². The number of rotatable bonds is 8. The average molecular weight is 610 g/mol. The summed E-state index contributed by atoms with van der Waals surface area (Å²) < 4.78 is 13.4. The topological polar surface area (TPSA) is 96.4 Å². The number of piperazine rings is 1. The molecule has 6 rings (SSSR count). The summed E-state index contributed by atoms with van der Waals surface area (Å²) in [5, 5.41) is 18.2. The van der Waals surface area contributed by atoms with E-state index in [4.69, 9.17) is 0 Å². The molecule has 2 saturated heterocycles. The van der Waals surface area contributed by atoms with Gasteiger partial charge in [-0.15, -0.1) is 0 Å². The van der Waals surface area contributed by atoms with Gasteiger partial charge in [-0.1, -0.05) is 66.7 Å². The summed E-state index contributed by atoms with van der Waals surface area (Å²) in [5.74, 6) is -0.642. The smallest absolute Gasteiger partial charge is 0.332 e. The lowest BCUT2D eigenvalue weighted by atomic mass is 9.99. The fraction of sp³-hybridized carbons (Fsp3) is 0.286. The number of amides is 4. The maximum Gasteiger partial charge on any atom is 0.332 e. The van der Waals surface area contributed by atoms with Gasteiger partial charge in [0.2, 0.25) is 11.8 Å². The second-order valence-corrected chi connectivity index (χ2v) is 11.8. The number of benzene rings is 4. The van der Waals surface area contributed by atoms with Crippen molar-refractivity contribution < 1.29 is 23.9 Å². The van der Waals surface area contributed by atoms with Gasteiger partial charge < -0.3 is 20.2 Å². The zero-order valence-corrected chi connectivity index (χ0v) is 25.3. The van der Waals surface area contributed by atoms with Gasteiger partial charge in [-0.3, -0.25) is 14.6 Å². The minimum absolute atomic E-state index is 0.0612. The molecule has 2 aliphatic heterocycles. The molecule has 0 aromatic heterocycles. The minimum Gasteiger partial charge on any atom is -0.508 e. The molecule has 2 fully saturated rings. The van der Waals surface area contributed by atoms with E-state index in [1.807, 2.05) is 56.3 Å². The number of hydrazine groups is 1. The molecule has 2 N–H and O–H groups in total. The first-order valence-electron chi connectivity index (χ1n) is 15.1. The fourth-order valence-corrected chi connectivity index (χ4v) is 6.36. The van der Waals surface area contributed by atoms with E-state index in [0.717, 1.165) is 27.5 Å². The third-order valence-electron chi connectivity index (χ3n) is 8.50. The molecule has 4 aromatic carbocycles. The Morgan fingerprint density at radius 2 is 1.64 bits per heavy atom. The van der Waals surface area contributed by atoms with Gasteiger partial charge in [0.05, 0.1) is 13.1 Å². The number of carbonyl (C=O) groups excluding carboxylic acids is 3. The molecule has 4 aromatic rings. The molecule has 9 nitrogen and oxygen atoms in total. The van der Waals surface area contributed by atoms with Crippen LogP contribution in [-0.2, 0) is 29.1 Å². The molecule has 0 saturated carbocycles. The Labute approximate surface area is 261 Å². The minimum atomic E-state index is -0.794. The summed E-state index contributed by atoms with van der Waals surface area (Å²) in [5.41, 5.74) is 2.54. The van der Waals surface area contributed by atoms with Crippen molar-refractivity contribution in [2.45, 2.75) is 51.6 Å². The van der Waals surface area contributed by atoms with Crippen LogP contribution in [-0.4, -0.2) is 74.1 Å². The number of phenols is 1. The number of carbonyl (C=O) groups is 3. The number of phenolic OH excluding ortho intramolecular Hbond substituents is 1. The number of fused-ring (bicyclic) bond motifs is 2. The van der Waals surface area contributed by atoms with Crippen LogP contribution in [0.25, 0.3) is 10.8 Å². The van der Waals surface area contributed by atoms with E-state index in [1.165, 1.54) is 12.1 Å². The predicted octanol–water partition coefficient (Wildman–Crippen LogP) is 4.64. The highest BCUT2D eigenvalue weighted by molar-refractivity contribution is 5.92. The lowest BCUT2D eigenvalue weighted by Gasteiger charge is -2.47. The first kappa shape index (κ1) is 30.1. The Morgan fingerprint density at radius 1 is 0.956 bits per heavy atom. The number of hydrogen-bond acceptors (Lipinski definition) is 5. The molecule has 2 atom stereocenters. The third kappa shape index (κ3) is 6.19. The van der Waals surface area contributed by atoms with Crippen LogP contribution in [0.2, 0.25) is 0 Å². The van der Waals surface area contributed by atoms with Crippen molar-refractivity contribution in [2.24, 2.45) is 0 Å². The van der Waals surface area contributed by atoms with E-state index >= 15 is 0 Å². The van der Waals surface area contributed by atoms with Crippen molar-refractivity contribution in [1.82, 2.24) is 25.1 Å². The van der Waals surface area contributed by atoms with Crippen LogP contribution in [0, 0.1) is 5.82 Å². The van der Waals surface area contributed by atoms with E-state index in [9.17, 15) is 23.9 Å². The van der Waals surface area contributed by atoms with Crippen LogP contribution in [0.1, 0.15) is 30.5 Å². The standard InChI is InChI=1S/C35H36FN5O4/c1-23(2)41(35(45)37-19-25-10-14-28(36)15-11-25)39-22-33(43)40-31(18-24-12-16-29(42)17-13-24)34(44)38(21-32(39)40)20-27-8-5-7-26-6-3-4-9-30(26)27/h3-17,23,31-32,42H,18-22H2,1-2H3,(H,37,45)/t31-,32+/m0/s1. The summed E-state index contributed by atoms with van der Waals surface area (Å²) >= 11 is 0. The highest BCUT2D eigenvalue weighted by Crippen LogP contribution is 2.32. The predicted molar refractivity (Wildman–Crippen MR) is 168 cm³/mol. The molecular weight excluding hydrogens is 573 g/mol. The second-order valence-electron chi connectivity index (χ2n) is 11.8. The van der Waals surface area contributed by atoms with E-state index < -0.39 is 18.2 Å². The van der Waals surface area contributed by atoms with E-state index in [-0.39, 0.29) is 55.5 Å². The molecule has 2 heterocycles. The van der Waals surface area contributed by atoms with Crippen LogP contribution < -0.4 is 5.32 Å². The van der Waals surface area contributed by atoms with Crippen molar-refractivity contribution >= 4 is 28.6 Å². The van der Waals surface area contributed by atoms with Crippen molar-refractivity contribution in [3.05, 3.63) is 114 Å². The maximum atomic E-state index is 14.2. The maximum absolute atomic E-state index is 14.2. The van der Waals surface area contributed by atoms with Crippen LogP contribution in [0.15, 0.2) is 91.0 Å². The van der Waals surface area contributed by atoms with Gasteiger partial charge in [-0.05, 0) is 65.6 Å². The monoisotopic (exact) mass is 609 g/mol. The number of hydrogen-bond donors (Lipinski definition) is 2. The van der Waals surface area contributed by atoms with Crippen molar-refractivity contribution in [1.29, 1.82) is 0 Å². The first-order chi connectivity index (χ1) is 21.7. The Balaban J connectivity index is 1.31. The molecule has 0 spiro atoms. The summed E-state index contributed by atoms with van der Waals surface area (Å²) in [6.07, 6.45) is -0.314. The molecule has 232 valence electrons. The number of aromatic hydroxyl groups is 1. The van der Waals surface area contributed by atoms with Crippen molar-refractivity contribution in [2.75, 3.05) is 13.1 Å². The molecule has 0 unspecified atom stereocenters. The SMILES string of the molecule is CC(C)N(C(=O)NCc1ccc(F)cc1)N1CC(=O)N2[C@@H](Cc3ccc(O)cc3)C(=O)N(Cc3cccc4ccccc34)C[C@@H]21. The van der Waals surface area contributed by atoms with Crippen LogP contribution >= 0.6 is 0 Å². The van der Waals surface area contributed by atoms with Gasteiger partial charge in [-0.2, -0.15) is 5.01 Å². The summed E-state index contributed by atoms with van der Waals surface area (Å²) in [7, 11) is 0. The molecule has 0 bridgehead atoms. The molecule has 0 radical (unpaired) electrons. The average Bonchev–Trinajstić information content (AvgIpc) is 3.34. The lowest BCUT2D eigenvalue weighted by molar-refractivity contribution is -0.158. The van der Waals surface area contributed by atoms with E-state index in [2.05, 4.69) is 5.32 Å². The van der Waals surface area contributed by atoms with Gasteiger partial charge in [0, 0.05) is 25.6 Å². The van der Waals surface area contributed by atoms with Gasteiger partial charge in [0.15, 0.2) is 0 Å². The normalized spacial score (nSPS) is 18.5. The lowest BCUT2D eigenvalue weighted by Crippen LogP contribution is -2.66. The van der Waals surface area contributed by atoms with Gasteiger partial charge in [0.25, 0.3) is 0 Å². The number of urea groups is 1. The van der Waals surface area contributed by atoms with Gasteiger partial charge in [0.1, 0.15) is 23.8 Å². The largest absolute Gasteiger partial charge is 0.508 e. The van der Waals surface area contributed by atoms with Crippen LogP contribution in [0.4, 0.5) is 9.18 Å². The second kappa shape index (κ2) is 12.6. The molecule has 4 amide bonds. The highest BCUT2D eigenvalue weighted by atomic mass is 19.1. The van der Waals surface area contributed by atoms with Gasteiger partial charge in [-0.25, -0.2) is 9.18 Å². The Kier molecular flexibility index (Phi) is 8.40. The third-order valence-corrected chi connectivity index (χ3v) is 8.50. The summed E-state index contributed by atoms with van der Waals surface area (Å²) in [6, 6.07) is 25.1. The Bertz CT molecular complexity index is 1710. The van der Waals surface area contributed by atoms with E-state index in [1.54, 1.807) is 56.2 Å². The van der Waals surface area contributed by atoms with Crippen LogP contribution in [0.5, 0.6) is 5.75 Å². The highest BCUT2D eigenvalue weighted by Gasteiger charge is 2.52. The number of nitrogens with zero attached hydrogens (tertiary/aromatic N) is 4. The Morgan fingerprint density at radius 3 is 2.38 bits per heavy atom.